The van der Waals surface area contributed by atoms with Crippen LogP contribution in [0.15, 0.2) is 6.07 Å². The van der Waals surface area contributed by atoms with Crippen molar-refractivity contribution in [2.45, 2.75) is 24.5 Å². The molecule has 0 saturated carbocycles. The van der Waals surface area contributed by atoms with Crippen LogP contribution in [-0.2, 0) is 4.79 Å². The van der Waals surface area contributed by atoms with Gasteiger partial charge in [-0.3, -0.25) is 9.89 Å². The van der Waals surface area contributed by atoms with Crippen molar-refractivity contribution in [3.63, 3.8) is 0 Å². The van der Waals surface area contributed by atoms with Crippen LogP contribution in [0.1, 0.15) is 29.8 Å². The fourth-order valence-corrected chi connectivity index (χ4v) is 2.85. The third kappa shape index (κ3) is 3.00. The number of nitrogens with zero attached hydrogens (tertiary/aromatic N) is 1. The lowest BCUT2D eigenvalue weighted by atomic mass is 10.2. The molecule has 1 atom stereocenters. The third-order valence-corrected chi connectivity index (χ3v) is 3.91. The van der Waals surface area contributed by atoms with E-state index in [1.165, 1.54) is 6.07 Å². The Morgan fingerprint density at radius 2 is 2.35 bits per heavy atom. The van der Waals surface area contributed by atoms with Crippen LogP contribution in [0.5, 0.6) is 0 Å². The fraction of sp³-hybridized carbons (Fsp3) is 0.500. The minimum absolute atomic E-state index is 0.0309. The van der Waals surface area contributed by atoms with Crippen LogP contribution in [0.4, 0.5) is 5.82 Å². The summed E-state index contributed by atoms with van der Waals surface area (Å²) in [5.74, 6) is 0.0701. The smallest absolute Gasteiger partial charge is 0.353 e. The number of carboxylic acid groups (broad SMARTS) is 1. The Kier molecular flexibility index (Phi) is 3.68. The molecule has 0 aliphatic carbocycles. The molecule has 17 heavy (non-hydrogen) atoms. The number of aromatic nitrogens is 2. The molecule has 0 radical (unpaired) electrons. The number of thioether (sulfide) groups is 1. The maximum atomic E-state index is 11.8. The number of H-pyrrole nitrogens is 1. The summed E-state index contributed by atoms with van der Waals surface area (Å²) in [6.07, 6.45) is 3.08. The molecule has 6 nitrogen and oxygen atoms in total. The summed E-state index contributed by atoms with van der Waals surface area (Å²) in [6.45, 7) is 0. The largest absolute Gasteiger partial charge is 0.477 e. The van der Waals surface area contributed by atoms with Gasteiger partial charge in [-0.05, 0) is 18.6 Å². The van der Waals surface area contributed by atoms with Gasteiger partial charge in [0.25, 0.3) is 0 Å². The summed E-state index contributed by atoms with van der Waals surface area (Å²) in [5.41, 5.74) is -0.0309. The predicted molar refractivity (Wildman–Crippen MR) is 64.3 cm³/mol. The lowest BCUT2D eigenvalue weighted by molar-refractivity contribution is -0.115. The third-order valence-electron chi connectivity index (χ3n) is 2.53. The van der Waals surface area contributed by atoms with Gasteiger partial charge in [0.2, 0.25) is 5.91 Å². The van der Waals surface area contributed by atoms with Crippen molar-refractivity contribution in [1.29, 1.82) is 0 Å². The predicted octanol–water partition coefficient (Wildman–Crippen LogP) is 1.33. The average Bonchev–Trinajstić information content (AvgIpc) is 2.79. The summed E-state index contributed by atoms with van der Waals surface area (Å²) in [4.78, 5) is 22.4. The number of amides is 1. The van der Waals surface area contributed by atoms with Crippen molar-refractivity contribution < 1.29 is 14.7 Å². The molecule has 1 aromatic heterocycles. The highest BCUT2D eigenvalue weighted by molar-refractivity contribution is 8.00. The van der Waals surface area contributed by atoms with E-state index in [0.717, 1.165) is 25.0 Å². The number of aromatic amines is 1. The normalized spacial score (nSPS) is 19.9. The van der Waals surface area contributed by atoms with Crippen molar-refractivity contribution >= 4 is 29.5 Å². The Labute approximate surface area is 102 Å². The molecular formula is C10H13N3O3S. The van der Waals surface area contributed by atoms with Crippen LogP contribution in [0, 0.1) is 0 Å². The van der Waals surface area contributed by atoms with Gasteiger partial charge in [-0.25, -0.2) is 4.79 Å². The first-order valence-electron chi connectivity index (χ1n) is 5.38. The lowest BCUT2D eigenvalue weighted by Gasteiger charge is -2.19. The van der Waals surface area contributed by atoms with Gasteiger partial charge >= 0.3 is 5.97 Å². The van der Waals surface area contributed by atoms with Gasteiger partial charge in [0, 0.05) is 6.07 Å². The maximum Gasteiger partial charge on any atom is 0.353 e. The fourth-order valence-electron chi connectivity index (χ4n) is 1.65. The number of carbonyl (C=O) groups excluding carboxylic acids is 1. The molecule has 0 spiro atoms. The van der Waals surface area contributed by atoms with Gasteiger partial charge in [0.05, 0.1) is 5.25 Å². The van der Waals surface area contributed by atoms with Gasteiger partial charge in [-0.15, -0.1) is 11.8 Å². The topological polar surface area (TPSA) is 95.1 Å². The van der Waals surface area contributed by atoms with E-state index in [1.807, 2.05) is 0 Å². The SMILES string of the molecule is O=C(O)c1cc(NC(=O)C2CCCCS2)n[nH]1. The minimum Gasteiger partial charge on any atom is -0.477 e. The molecule has 1 aliphatic rings. The van der Waals surface area contributed by atoms with Gasteiger partial charge in [0.1, 0.15) is 5.69 Å². The summed E-state index contributed by atoms with van der Waals surface area (Å²) in [7, 11) is 0. The minimum atomic E-state index is -1.09. The number of hydrogen-bond acceptors (Lipinski definition) is 4. The number of aromatic carboxylic acids is 1. The zero-order chi connectivity index (χ0) is 12.3. The van der Waals surface area contributed by atoms with Crippen molar-refractivity contribution in [3.05, 3.63) is 11.8 Å². The van der Waals surface area contributed by atoms with E-state index in [-0.39, 0.29) is 22.7 Å². The van der Waals surface area contributed by atoms with E-state index < -0.39 is 5.97 Å². The van der Waals surface area contributed by atoms with Crippen molar-refractivity contribution in [3.8, 4) is 0 Å². The maximum absolute atomic E-state index is 11.8. The molecule has 0 aromatic carbocycles. The monoisotopic (exact) mass is 255 g/mol. The van der Waals surface area contributed by atoms with E-state index in [0.29, 0.717) is 0 Å². The summed E-state index contributed by atoms with van der Waals surface area (Å²) in [6, 6.07) is 1.31. The van der Waals surface area contributed by atoms with Crippen LogP contribution in [0.25, 0.3) is 0 Å². The first kappa shape index (κ1) is 12.0. The summed E-state index contributed by atoms with van der Waals surface area (Å²) in [5, 5.41) is 17.3. The summed E-state index contributed by atoms with van der Waals surface area (Å²) >= 11 is 1.64. The number of carboxylic acids is 1. The Morgan fingerprint density at radius 3 is 2.94 bits per heavy atom. The second-order valence-corrected chi connectivity index (χ2v) is 5.13. The highest BCUT2D eigenvalue weighted by Crippen LogP contribution is 2.25. The van der Waals surface area contributed by atoms with Crippen molar-refractivity contribution in [2.75, 3.05) is 11.1 Å². The Morgan fingerprint density at radius 1 is 1.53 bits per heavy atom. The molecule has 7 heteroatoms. The van der Waals surface area contributed by atoms with Crippen molar-refractivity contribution in [1.82, 2.24) is 10.2 Å². The van der Waals surface area contributed by atoms with Crippen LogP contribution >= 0.6 is 11.8 Å². The Hall–Kier alpha value is -1.50. The molecule has 92 valence electrons. The number of carbonyl (C=O) groups is 2. The van der Waals surface area contributed by atoms with Gasteiger partial charge in [-0.1, -0.05) is 6.42 Å². The lowest BCUT2D eigenvalue weighted by Crippen LogP contribution is -2.27. The molecule has 0 bridgehead atoms. The standard InChI is InChI=1S/C10H13N3O3S/c14-9(7-3-1-2-4-17-7)11-8-5-6(10(15)16)12-13-8/h5,7H,1-4H2,(H,15,16)(H2,11,12,13,14). The summed E-state index contributed by atoms with van der Waals surface area (Å²) < 4.78 is 0. The first-order valence-corrected chi connectivity index (χ1v) is 6.43. The van der Waals surface area contributed by atoms with Crippen LogP contribution in [0.3, 0.4) is 0 Å². The molecule has 1 unspecified atom stereocenters. The highest BCUT2D eigenvalue weighted by atomic mass is 32.2. The van der Waals surface area contributed by atoms with Crippen LogP contribution in [0.2, 0.25) is 0 Å². The molecular weight excluding hydrogens is 242 g/mol. The quantitative estimate of drug-likeness (QED) is 0.757. The van der Waals surface area contributed by atoms with E-state index in [1.54, 1.807) is 11.8 Å². The van der Waals surface area contributed by atoms with Gasteiger partial charge in [-0.2, -0.15) is 5.10 Å². The molecule has 1 amide bonds. The number of rotatable bonds is 3. The highest BCUT2D eigenvalue weighted by Gasteiger charge is 2.22. The van der Waals surface area contributed by atoms with E-state index in [9.17, 15) is 9.59 Å². The molecule has 3 N–H and O–H groups in total. The second kappa shape index (κ2) is 5.22. The van der Waals surface area contributed by atoms with Crippen LogP contribution in [-0.4, -0.2) is 38.2 Å². The Bertz CT molecular complexity index is 426. The van der Waals surface area contributed by atoms with Crippen LogP contribution < -0.4 is 5.32 Å². The van der Waals surface area contributed by atoms with Crippen molar-refractivity contribution in [2.24, 2.45) is 0 Å². The zero-order valence-electron chi connectivity index (χ0n) is 9.10. The number of nitrogens with one attached hydrogen (secondary N) is 2. The molecule has 1 saturated heterocycles. The number of anilines is 1. The molecule has 1 fully saturated rings. The molecule has 1 aliphatic heterocycles. The van der Waals surface area contributed by atoms with E-state index in [2.05, 4.69) is 15.5 Å². The molecule has 2 rings (SSSR count). The number of hydrogen-bond donors (Lipinski definition) is 3. The first-order chi connectivity index (χ1) is 8.16. The second-order valence-electron chi connectivity index (χ2n) is 3.82. The zero-order valence-corrected chi connectivity index (χ0v) is 9.92. The van der Waals surface area contributed by atoms with Gasteiger partial charge in [0.15, 0.2) is 5.82 Å². The Balaban J connectivity index is 1.94. The average molecular weight is 255 g/mol. The molecule has 1 aromatic rings. The van der Waals surface area contributed by atoms with E-state index in [4.69, 9.17) is 5.11 Å². The van der Waals surface area contributed by atoms with E-state index >= 15 is 0 Å². The molecule has 2 heterocycles. The van der Waals surface area contributed by atoms with Gasteiger partial charge < -0.3 is 10.4 Å².